The molecule has 0 atom stereocenters. The van der Waals surface area contributed by atoms with Gasteiger partial charge in [-0.15, -0.1) is 0 Å². The largest absolute Gasteiger partial charge is 0.261 e. The highest BCUT2D eigenvalue weighted by Crippen LogP contribution is 2.35. The van der Waals surface area contributed by atoms with Crippen LogP contribution in [0.3, 0.4) is 0 Å². The van der Waals surface area contributed by atoms with E-state index in [1.165, 1.54) is 33.4 Å². The third-order valence-corrected chi connectivity index (χ3v) is 9.09. The van der Waals surface area contributed by atoms with Gasteiger partial charge in [-0.1, -0.05) is 155 Å². The fourth-order valence-electron chi connectivity index (χ4n) is 5.38. The predicted molar refractivity (Wildman–Crippen MR) is 209 cm³/mol. The van der Waals surface area contributed by atoms with Crippen molar-refractivity contribution in [3.05, 3.63) is 105 Å². The van der Waals surface area contributed by atoms with E-state index in [0.717, 1.165) is 16.7 Å². The van der Waals surface area contributed by atoms with Gasteiger partial charge in [-0.05, 0) is 107 Å². The molecule has 2 heteroatoms. The molecule has 2 nitrogen and oxygen atoms in total. The molecule has 0 saturated carbocycles. The predicted octanol–water partition coefficient (Wildman–Crippen LogP) is 12.7. The van der Waals surface area contributed by atoms with Crippen LogP contribution < -0.4 is 0 Å². The molecule has 0 amide bonds. The Morgan fingerprint density at radius 3 is 0.766 bits per heavy atom. The van der Waals surface area contributed by atoms with E-state index in [2.05, 4.69) is 192 Å². The molecule has 0 fully saturated rings. The first-order chi connectivity index (χ1) is 21.0. The summed E-state index contributed by atoms with van der Waals surface area (Å²) in [5.74, 6) is 0. The first-order valence-corrected chi connectivity index (χ1v) is 17.6. The Kier molecular flexibility index (Phi) is 10.7. The molecule has 47 heavy (non-hydrogen) atoms. The summed E-state index contributed by atoms with van der Waals surface area (Å²) in [5, 5.41) is 0. The van der Waals surface area contributed by atoms with Crippen LogP contribution in [0.25, 0.3) is 0 Å². The van der Waals surface area contributed by atoms with Gasteiger partial charge in [-0.25, -0.2) is 0 Å². The highest BCUT2D eigenvalue weighted by atomic mass is 15.0. The van der Waals surface area contributed by atoms with Gasteiger partial charge >= 0.3 is 0 Å². The molecule has 256 valence electrons. The summed E-state index contributed by atoms with van der Waals surface area (Å²) in [7, 11) is 0. The first kappa shape index (κ1) is 38.4. The van der Waals surface area contributed by atoms with Crippen molar-refractivity contribution in [3.63, 3.8) is 0 Å². The summed E-state index contributed by atoms with van der Waals surface area (Å²) < 4.78 is 0. The Morgan fingerprint density at radius 1 is 0.340 bits per heavy atom. The Bertz CT molecular complexity index is 1420. The third-order valence-electron chi connectivity index (χ3n) is 9.09. The lowest BCUT2D eigenvalue weighted by atomic mass is 9.79. The van der Waals surface area contributed by atoms with E-state index in [4.69, 9.17) is 9.98 Å². The van der Waals surface area contributed by atoms with E-state index in [1.807, 2.05) is 0 Å². The van der Waals surface area contributed by atoms with Crippen LogP contribution >= 0.6 is 0 Å². The molecule has 3 aromatic rings. The lowest BCUT2D eigenvalue weighted by Crippen LogP contribution is -2.18. The van der Waals surface area contributed by atoms with Crippen molar-refractivity contribution >= 4 is 12.4 Å². The van der Waals surface area contributed by atoms with Gasteiger partial charge in [-0.3, -0.25) is 9.98 Å². The van der Waals surface area contributed by atoms with E-state index in [-0.39, 0.29) is 38.7 Å². The number of hydrogen-bond donors (Lipinski definition) is 0. The maximum Gasteiger partial charge on any atom is 0.165 e. The molecule has 0 radical (unpaired) electrons. The van der Waals surface area contributed by atoms with Crippen molar-refractivity contribution in [2.75, 3.05) is 0 Å². The average Bonchev–Trinajstić information content (AvgIpc) is 2.89. The molecule has 0 unspecified atom stereocenters. The van der Waals surface area contributed by atoms with Crippen LogP contribution in [0.5, 0.6) is 0 Å². The minimum absolute atomic E-state index is 0.000706. The minimum atomic E-state index is -0.383. The second-order valence-electron chi connectivity index (χ2n) is 20.0. The molecule has 0 heterocycles. The van der Waals surface area contributed by atoms with Crippen molar-refractivity contribution in [2.24, 2.45) is 9.98 Å². The zero-order chi connectivity index (χ0) is 36.0. The van der Waals surface area contributed by atoms with Crippen molar-refractivity contribution < 1.29 is 0 Å². The van der Waals surface area contributed by atoms with Crippen LogP contribution in [-0.4, -0.2) is 12.4 Å². The van der Waals surface area contributed by atoms with Gasteiger partial charge in [0.1, 0.15) is 0 Å². The summed E-state index contributed by atoms with van der Waals surface area (Å²) in [6.45, 7) is 41.1. The van der Waals surface area contributed by atoms with Crippen molar-refractivity contribution in [3.8, 4) is 0 Å². The summed E-state index contributed by atoms with van der Waals surface area (Å²) in [5.41, 5.74) is 11.4. The normalized spacial score (nSPS) is 14.2. The molecular formula is C45H66N2. The second-order valence-corrected chi connectivity index (χ2v) is 20.0. The van der Waals surface area contributed by atoms with Gasteiger partial charge in [-0.2, -0.15) is 0 Å². The fraction of sp³-hybridized carbons (Fsp3) is 0.556. The average molecular weight is 635 g/mol. The molecule has 0 saturated heterocycles. The monoisotopic (exact) mass is 635 g/mol. The van der Waals surface area contributed by atoms with Gasteiger partial charge in [0, 0.05) is 12.4 Å². The Hall–Kier alpha value is -3.00. The highest BCUT2D eigenvalue weighted by molar-refractivity contribution is 5.82. The summed E-state index contributed by atoms with van der Waals surface area (Å²) in [4.78, 5) is 10.6. The highest BCUT2D eigenvalue weighted by Gasteiger charge is 2.24. The van der Waals surface area contributed by atoms with E-state index < -0.39 is 0 Å². The second kappa shape index (κ2) is 13.1. The SMILES string of the molecule is CC(C)(C)c1cc(/C=N/C(/N=C/c2cc(C(C)(C)C)cc(C(C)(C)C)c2)c2cc(C(C)(C)C)cc(C(C)(C)C)c2)cc(C(C)(C)C)c1. The maximum atomic E-state index is 5.29. The quantitative estimate of drug-likeness (QED) is 0.250. The van der Waals surface area contributed by atoms with Crippen LogP contribution in [0.2, 0.25) is 0 Å². The maximum absolute atomic E-state index is 5.29. The van der Waals surface area contributed by atoms with Crippen LogP contribution in [-0.2, 0) is 32.5 Å². The van der Waals surface area contributed by atoms with Crippen molar-refractivity contribution in [1.82, 2.24) is 0 Å². The lowest BCUT2D eigenvalue weighted by molar-refractivity contribution is 0.565. The summed E-state index contributed by atoms with van der Waals surface area (Å²) >= 11 is 0. The molecule has 0 bridgehead atoms. The number of nitrogens with zero attached hydrogens (tertiary/aromatic N) is 2. The Balaban J connectivity index is 2.30. The van der Waals surface area contributed by atoms with Gasteiger partial charge in [0.05, 0.1) is 0 Å². The van der Waals surface area contributed by atoms with Crippen molar-refractivity contribution in [1.29, 1.82) is 0 Å². The Labute approximate surface area is 289 Å². The van der Waals surface area contributed by atoms with Crippen LogP contribution in [0.4, 0.5) is 0 Å². The van der Waals surface area contributed by atoms with Gasteiger partial charge in [0.15, 0.2) is 6.17 Å². The van der Waals surface area contributed by atoms with E-state index in [9.17, 15) is 0 Å². The van der Waals surface area contributed by atoms with Gasteiger partial charge in [0.2, 0.25) is 0 Å². The molecule has 0 aromatic heterocycles. The molecule has 0 N–H and O–H groups in total. The molecule has 0 aliphatic rings. The van der Waals surface area contributed by atoms with Gasteiger partial charge < -0.3 is 0 Å². The lowest BCUT2D eigenvalue weighted by Gasteiger charge is -2.27. The van der Waals surface area contributed by atoms with Crippen LogP contribution in [0.1, 0.15) is 181 Å². The topological polar surface area (TPSA) is 24.7 Å². The van der Waals surface area contributed by atoms with Gasteiger partial charge in [0.25, 0.3) is 0 Å². The number of hydrogen-bond acceptors (Lipinski definition) is 2. The smallest absolute Gasteiger partial charge is 0.165 e. The molecule has 0 spiro atoms. The zero-order valence-electron chi connectivity index (χ0n) is 33.3. The Morgan fingerprint density at radius 2 is 0.553 bits per heavy atom. The number of rotatable bonds is 5. The minimum Gasteiger partial charge on any atom is -0.261 e. The van der Waals surface area contributed by atoms with E-state index in [1.54, 1.807) is 0 Å². The zero-order valence-corrected chi connectivity index (χ0v) is 33.3. The summed E-state index contributed by atoms with van der Waals surface area (Å²) in [6.07, 6.45) is 3.73. The fourth-order valence-corrected chi connectivity index (χ4v) is 5.38. The number of aliphatic imine (C=N–C) groups is 2. The molecule has 0 aliphatic heterocycles. The van der Waals surface area contributed by atoms with Crippen LogP contribution in [0.15, 0.2) is 64.6 Å². The number of benzene rings is 3. The summed E-state index contributed by atoms with van der Waals surface area (Å²) in [6, 6.07) is 21.0. The van der Waals surface area contributed by atoms with E-state index >= 15 is 0 Å². The molecule has 3 rings (SSSR count). The third kappa shape index (κ3) is 10.5. The molecular weight excluding hydrogens is 569 g/mol. The molecule has 0 aliphatic carbocycles. The van der Waals surface area contributed by atoms with E-state index in [0.29, 0.717) is 0 Å². The van der Waals surface area contributed by atoms with Crippen LogP contribution in [0, 0.1) is 0 Å². The first-order valence-electron chi connectivity index (χ1n) is 17.6. The van der Waals surface area contributed by atoms with Crippen molar-refractivity contribution in [2.45, 2.75) is 163 Å². The standard InChI is InChI=1S/C45H66N2/c1-40(2,3)33-19-30(20-34(25-33)41(4,5)6)28-46-39(32-23-37(44(13,14)15)27-38(24-32)45(16,17)18)47-29-31-21-35(42(7,8)9)26-36(22-31)43(10,11)12/h19-29,39H,1-18H3/b46-28+,47-29+. The molecule has 3 aromatic carbocycles.